The van der Waals surface area contributed by atoms with Crippen molar-refractivity contribution >= 4 is 70.0 Å². The lowest BCUT2D eigenvalue weighted by molar-refractivity contribution is -0.112. The summed E-state index contributed by atoms with van der Waals surface area (Å²) in [6.45, 7) is 0.0544. The van der Waals surface area contributed by atoms with Crippen LogP contribution in [0.15, 0.2) is 60.2 Å². The second-order valence-corrected chi connectivity index (χ2v) is 8.71. The van der Waals surface area contributed by atoms with Gasteiger partial charge >= 0.3 is 5.97 Å². The lowest BCUT2D eigenvalue weighted by atomic mass is 10.1. The molecule has 0 aliphatic heterocycles. The van der Waals surface area contributed by atoms with Crippen molar-refractivity contribution in [3.63, 3.8) is 0 Å². The SMILES string of the molecule is COC(=O)c1ccc(NC(=O)/C(C#N)=C/c2cc(Cl)cc(Cl)c2OCc2ccc(Cl)cc2Cl)cc1. The Morgan fingerprint density at radius 2 is 1.66 bits per heavy atom. The summed E-state index contributed by atoms with van der Waals surface area (Å²) in [6, 6.07) is 15.8. The lowest BCUT2D eigenvalue weighted by Gasteiger charge is -2.13. The van der Waals surface area contributed by atoms with Gasteiger partial charge in [0, 0.05) is 31.9 Å². The number of hydrogen-bond acceptors (Lipinski definition) is 5. The van der Waals surface area contributed by atoms with Gasteiger partial charge < -0.3 is 14.8 Å². The van der Waals surface area contributed by atoms with Crippen molar-refractivity contribution in [2.75, 3.05) is 12.4 Å². The van der Waals surface area contributed by atoms with Crippen LogP contribution in [-0.4, -0.2) is 19.0 Å². The van der Waals surface area contributed by atoms with E-state index in [-0.39, 0.29) is 28.0 Å². The number of amides is 1. The minimum absolute atomic E-state index is 0.0544. The fourth-order valence-corrected chi connectivity index (χ4v) is 3.97. The first-order valence-corrected chi connectivity index (χ1v) is 11.4. The van der Waals surface area contributed by atoms with Gasteiger partial charge in [0.2, 0.25) is 0 Å². The highest BCUT2D eigenvalue weighted by atomic mass is 35.5. The summed E-state index contributed by atoms with van der Waals surface area (Å²) < 4.78 is 10.5. The topological polar surface area (TPSA) is 88.4 Å². The molecule has 0 aromatic heterocycles. The number of nitriles is 1. The van der Waals surface area contributed by atoms with E-state index in [1.54, 1.807) is 18.2 Å². The summed E-state index contributed by atoms with van der Waals surface area (Å²) in [5.74, 6) is -0.975. The van der Waals surface area contributed by atoms with Crippen molar-refractivity contribution < 1.29 is 19.1 Å². The van der Waals surface area contributed by atoms with E-state index in [0.717, 1.165) is 0 Å². The van der Waals surface area contributed by atoms with Crippen LogP contribution < -0.4 is 10.1 Å². The average Bonchev–Trinajstić information content (AvgIpc) is 2.82. The maximum Gasteiger partial charge on any atom is 0.337 e. The zero-order valence-electron chi connectivity index (χ0n) is 18.1. The van der Waals surface area contributed by atoms with E-state index < -0.39 is 11.9 Å². The summed E-state index contributed by atoms with van der Waals surface area (Å²) in [5, 5.41) is 13.6. The second kappa shape index (κ2) is 12.0. The fraction of sp³-hybridized carbons (Fsp3) is 0.0800. The van der Waals surface area contributed by atoms with Crippen LogP contribution in [0, 0.1) is 11.3 Å². The molecule has 0 bridgehead atoms. The third-order valence-electron chi connectivity index (χ3n) is 4.65. The third-order valence-corrected chi connectivity index (χ3v) is 5.74. The number of esters is 1. The summed E-state index contributed by atoms with van der Waals surface area (Å²) >= 11 is 24.6. The van der Waals surface area contributed by atoms with Gasteiger partial charge in [0.1, 0.15) is 24.0 Å². The van der Waals surface area contributed by atoms with E-state index in [9.17, 15) is 14.9 Å². The molecule has 10 heteroatoms. The molecule has 1 N–H and O–H groups in total. The molecular weight excluding hydrogens is 534 g/mol. The highest BCUT2D eigenvalue weighted by Gasteiger charge is 2.16. The van der Waals surface area contributed by atoms with Crippen LogP contribution in [0.2, 0.25) is 20.1 Å². The van der Waals surface area contributed by atoms with E-state index in [4.69, 9.17) is 51.1 Å². The maximum atomic E-state index is 12.7. The summed E-state index contributed by atoms with van der Waals surface area (Å²) in [4.78, 5) is 24.3. The van der Waals surface area contributed by atoms with Crippen LogP contribution >= 0.6 is 46.4 Å². The van der Waals surface area contributed by atoms with Gasteiger partial charge in [-0.25, -0.2) is 4.79 Å². The second-order valence-electron chi connectivity index (χ2n) is 7.02. The number of carbonyl (C=O) groups excluding carboxylic acids is 2. The zero-order chi connectivity index (χ0) is 25.5. The van der Waals surface area contributed by atoms with Crippen molar-refractivity contribution in [1.29, 1.82) is 5.26 Å². The number of halogens is 4. The van der Waals surface area contributed by atoms with E-state index in [0.29, 0.717) is 32.4 Å². The Balaban J connectivity index is 1.86. The molecule has 3 aromatic rings. The molecule has 0 radical (unpaired) electrons. The van der Waals surface area contributed by atoms with Crippen molar-refractivity contribution in [3.05, 3.63) is 97.0 Å². The zero-order valence-corrected chi connectivity index (χ0v) is 21.1. The summed E-state index contributed by atoms with van der Waals surface area (Å²) in [7, 11) is 1.27. The molecule has 0 saturated carbocycles. The Kier molecular flexibility index (Phi) is 9.02. The molecule has 3 rings (SSSR count). The summed E-state index contributed by atoms with van der Waals surface area (Å²) in [5.41, 5.74) is 1.44. The Labute approximate surface area is 221 Å². The molecule has 0 spiro atoms. The number of ether oxygens (including phenoxy) is 2. The molecule has 0 saturated heterocycles. The number of anilines is 1. The van der Waals surface area contributed by atoms with Crippen LogP contribution in [0.3, 0.4) is 0 Å². The Bertz CT molecular complexity index is 1350. The van der Waals surface area contributed by atoms with E-state index >= 15 is 0 Å². The average molecular weight is 550 g/mol. The molecule has 0 unspecified atom stereocenters. The molecule has 1 amide bonds. The van der Waals surface area contributed by atoms with Gasteiger partial charge in [0.15, 0.2) is 0 Å². The van der Waals surface area contributed by atoms with Crippen LogP contribution in [0.5, 0.6) is 5.75 Å². The first-order valence-electron chi connectivity index (χ1n) is 9.89. The van der Waals surface area contributed by atoms with E-state index in [2.05, 4.69) is 10.1 Å². The van der Waals surface area contributed by atoms with E-state index in [1.807, 2.05) is 6.07 Å². The number of carbonyl (C=O) groups is 2. The predicted octanol–water partition coefficient (Wildman–Crippen LogP) is 7.21. The van der Waals surface area contributed by atoms with Gasteiger partial charge in [-0.3, -0.25) is 4.79 Å². The van der Waals surface area contributed by atoms with Crippen LogP contribution in [-0.2, 0) is 16.1 Å². The number of nitrogens with zero attached hydrogens (tertiary/aromatic N) is 1. The molecule has 0 atom stereocenters. The van der Waals surface area contributed by atoms with Crippen LogP contribution in [0.25, 0.3) is 6.08 Å². The largest absolute Gasteiger partial charge is 0.487 e. The molecule has 0 fully saturated rings. The molecule has 0 aliphatic carbocycles. The van der Waals surface area contributed by atoms with Crippen LogP contribution in [0.4, 0.5) is 5.69 Å². The monoisotopic (exact) mass is 548 g/mol. The number of methoxy groups -OCH3 is 1. The van der Waals surface area contributed by atoms with Crippen LogP contribution in [0.1, 0.15) is 21.5 Å². The third kappa shape index (κ3) is 6.91. The minimum Gasteiger partial charge on any atom is -0.487 e. The van der Waals surface area contributed by atoms with Gasteiger partial charge in [0.05, 0.1) is 17.7 Å². The minimum atomic E-state index is -0.680. The Morgan fingerprint density at radius 3 is 2.29 bits per heavy atom. The molecule has 0 aliphatic rings. The van der Waals surface area contributed by atoms with Gasteiger partial charge in [-0.1, -0.05) is 52.5 Å². The smallest absolute Gasteiger partial charge is 0.337 e. The molecule has 178 valence electrons. The number of benzene rings is 3. The lowest BCUT2D eigenvalue weighted by Crippen LogP contribution is -2.13. The summed E-state index contributed by atoms with van der Waals surface area (Å²) in [6.07, 6.45) is 1.31. The molecular formula is C25H16Cl4N2O4. The first kappa shape index (κ1) is 26.4. The predicted molar refractivity (Wildman–Crippen MR) is 137 cm³/mol. The molecule has 0 heterocycles. The Morgan fingerprint density at radius 1 is 0.971 bits per heavy atom. The van der Waals surface area contributed by atoms with Crippen molar-refractivity contribution in [2.24, 2.45) is 0 Å². The first-order chi connectivity index (χ1) is 16.7. The van der Waals surface area contributed by atoms with Gasteiger partial charge in [-0.05, 0) is 54.6 Å². The Hall–Kier alpha value is -3.21. The standard InChI is InChI=1S/C25H16Cl4N2O4/c1-34-25(33)14-3-6-20(7-4-14)31-24(32)17(12-30)8-16-9-19(27)11-22(29)23(16)35-13-15-2-5-18(26)10-21(15)28/h2-11H,13H2,1H3,(H,31,32)/b17-8+. The van der Waals surface area contributed by atoms with E-state index in [1.165, 1.54) is 49.6 Å². The number of rotatable bonds is 7. The fourth-order valence-electron chi connectivity index (χ4n) is 2.94. The molecule has 35 heavy (non-hydrogen) atoms. The van der Waals surface area contributed by atoms with Crippen molar-refractivity contribution in [3.8, 4) is 11.8 Å². The quantitative estimate of drug-likeness (QED) is 0.191. The maximum absolute atomic E-state index is 12.7. The molecule has 6 nitrogen and oxygen atoms in total. The van der Waals surface area contributed by atoms with Crippen molar-refractivity contribution in [1.82, 2.24) is 0 Å². The molecule has 3 aromatic carbocycles. The van der Waals surface area contributed by atoms with Gasteiger partial charge in [-0.2, -0.15) is 5.26 Å². The van der Waals surface area contributed by atoms with Gasteiger partial charge in [-0.15, -0.1) is 0 Å². The highest BCUT2D eigenvalue weighted by molar-refractivity contribution is 6.36. The number of nitrogens with one attached hydrogen (secondary N) is 1. The van der Waals surface area contributed by atoms with Crippen molar-refractivity contribution in [2.45, 2.75) is 6.61 Å². The number of hydrogen-bond donors (Lipinski definition) is 1. The van der Waals surface area contributed by atoms with Gasteiger partial charge in [0.25, 0.3) is 5.91 Å². The normalized spacial score (nSPS) is 10.9. The highest BCUT2D eigenvalue weighted by Crippen LogP contribution is 2.35.